The number of carbonyl (C=O) groups is 1. The molecule has 2 aliphatic heterocycles. The summed E-state index contributed by atoms with van der Waals surface area (Å²) >= 11 is 0. The third-order valence-electron chi connectivity index (χ3n) is 8.59. The van der Waals surface area contributed by atoms with Gasteiger partial charge in [0.2, 0.25) is 5.91 Å². The van der Waals surface area contributed by atoms with Crippen LogP contribution in [0, 0.1) is 19.8 Å². The SMILES string of the molecule is Cc1c(CC(=O)N2C[C@H]3C[C@@H](C2)c2cccc(=O)n2C3)c(=O)oc2c(C)c3occ(-c4ccccc4)c3cc12. The zero-order valence-corrected chi connectivity index (χ0v) is 21.9. The molecule has 196 valence electrons. The standard InChI is InChI=1S/C32H28N2O5/c1-18-23-12-25-26(21-7-4-3-5-8-21)17-38-30(25)19(2)31(23)39-32(37)24(18)13-29(36)33-14-20-11-22(16-33)27-9-6-10-28(35)34(27)15-20/h3-10,12,17,20,22H,11,13-16H2,1-2H3/t20-,22+/m1/s1. The van der Waals surface area contributed by atoms with Crippen LogP contribution >= 0.6 is 0 Å². The lowest BCUT2D eigenvalue weighted by Gasteiger charge is -2.42. The van der Waals surface area contributed by atoms with Crippen molar-refractivity contribution >= 4 is 27.8 Å². The number of furan rings is 1. The van der Waals surface area contributed by atoms with Gasteiger partial charge in [0.1, 0.15) is 11.2 Å². The van der Waals surface area contributed by atoms with E-state index in [0.29, 0.717) is 36.4 Å². The maximum atomic E-state index is 13.6. The summed E-state index contributed by atoms with van der Waals surface area (Å²) in [4.78, 5) is 41.0. The largest absolute Gasteiger partial charge is 0.463 e. The highest BCUT2D eigenvalue weighted by Crippen LogP contribution is 2.38. The minimum Gasteiger partial charge on any atom is -0.463 e. The lowest BCUT2D eigenvalue weighted by atomic mass is 9.83. The van der Waals surface area contributed by atoms with Crippen LogP contribution in [0.25, 0.3) is 33.1 Å². The predicted molar refractivity (Wildman–Crippen MR) is 149 cm³/mol. The average molecular weight is 521 g/mol. The molecule has 5 aromatic rings. The summed E-state index contributed by atoms with van der Waals surface area (Å²) in [6.07, 6.45) is 2.69. The minimum absolute atomic E-state index is 0.0147. The average Bonchev–Trinajstić information content (AvgIpc) is 3.37. The second-order valence-electron chi connectivity index (χ2n) is 10.9. The van der Waals surface area contributed by atoms with Crippen molar-refractivity contribution in [1.29, 1.82) is 0 Å². The Morgan fingerprint density at radius 3 is 2.56 bits per heavy atom. The van der Waals surface area contributed by atoms with Gasteiger partial charge in [-0.3, -0.25) is 9.59 Å². The lowest BCUT2D eigenvalue weighted by molar-refractivity contribution is -0.133. The number of carbonyl (C=O) groups excluding carboxylic acids is 1. The van der Waals surface area contributed by atoms with Crippen LogP contribution in [0.2, 0.25) is 0 Å². The Morgan fingerprint density at radius 2 is 1.74 bits per heavy atom. The number of hydrogen-bond donors (Lipinski definition) is 0. The highest BCUT2D eigenvalue weighted by Gasteiger charge is 2.36. The first-order chi connectivity index (χ1) is 18.9. The lowest BCUT2D eigenvalue weighted by Crippen LogP contribution is -2.49. The van der Waals surface area contributed by atoms with Gasteiger partial charge < -0.3 is 18.3 Å². The van der Waals surface area contributed by atoms with Crippen LogP contribution in [-0.2, 0) is 17.8 Å². The van der Waals surface area contributed by atoms with E-state index >= 15 is 0 Å². The molecule has 2 atom stereocenters. The number of rotatable bonds is 3. The van der Waals surface area contributed by atoms with E-state index in [2.05, 4.69) is 0 Å². The molecule has 0 radical (unpaired) electrons. The van der Waals surface area contributed by atoms with E-state index in [4.69, 9.17) is 8.83 Å². The fraction of sp³-hybridized carbons (Fsp3) is 0.281. The number of aromatic nitrogens is 1. The number of piperidine rings is 1. The molecule has 1 amide bonds. The molecular formula is C32H28N2O5. The third kappa shape index (κ3) is 3.75. The molecule has 1 saturated heterocycles. The van der Waals surface area contributed by atoms with E-state index in [9.17, 15) is 14.4 Å². The van der Waals surface area contributed by atoms with Gasteiger partial charge in [0.25, 0.3) is 5.56 Å². The summed E-state index contributed by atoms with van der Waals surface area (Å²) in [6, 6.07) is 17.4. The van der Waals surface area contributed by atoms with Gasteiger partial charge in [-0.05, 0) is 49.4 Å². The fourth-order valence-corrected chi connectivity index (χ4v) is 6.60. The Morgan fingerprint density at radius 1 is 0.923 bits per heavy atom. The van der Waals surface area contributed by atoms with Crippen molar-refractivity contribution in [3.63, 3.8) is 0 Å². The first-order valence-electron chi connectivity index (χ1n) is 13.4. The Labute approximate surface area is 224 Å². The Bertz CT molecular complexity index is 1900. The monoisotopic (exact) mass is 520 g/mol. The summed E-state index contributed by atoms with van der Waals surface area (Å²) in [5.41, 5.74) is 5.63. The molecule has 7 nitrogen and oxygen atoms in total. The van der Waals surface area contributed by atoms with Gasteiger partial charge in [-0.15, -0.1) is 0 Å². The Kier molecular flexibility index (Phi) is 5.37. The summed E-state index contributed by atoms with van der Waals surface area (Å²) in [7, 11) is 0. The molecule has 5 heterocycles. The summed E-state index contributed by atoms with van der Waals surface area (Å²) in [5, 5.41) is 1.75. The van der Waals surface area contributed by atoms with Crippen molar-refractivity contribution in [3.05, 3.63) is 104 Å². The first kappa shape index (κ1) is 23.7. The number of likely N-dealkylation sites (tertiary alicyclic amines) is 1. The smallest absolute Gasteiger partial charge is 0.340 e. The van der Waals surface area contributed by atoms with Gasteiger partial charge in [0.15, 0.2) is 0 Å². The highest BCUT2D eigenvalue weighted by atomic mass is 16.4. The van der Waals surface area contributed by atoms with Gasteiger partial charge in [0, 0.05) is 59.2 Å². The number of hydrogen-bond acceptors (Lipinski definition) is 5. The third-order valence-corrected chi connectivity index (χ3v) is 8.59. The molecule has 2 aromatic carbocycles. The summed E-state index contributed by atoms with van der Waals surface area (Å²) in [6.45, 7) is 5.54. The molecule has 3 aromatic heterocycles. The summed E-state index contributed by atoms with van der Waals surface area (Å²) < 4.78 is 13.6. The number of aryl methyl sites for hydroxylation is 2. The number of benzene rings is 2. The zero-order chi connectivity index (χ0) is 26.8. The van der Waals surface area contributed by atoms with E-state index in [-0.39, 0.29) is 29.7 Å². The van der Waals surface area contributed by atoms with Crippen molar-refractivity contribution in [2.75, 3.05) is 13.1 Å². The molecular weight excluding hydrogens is 492 g/mol. The molecule has 0 aliphatic carbocycles. The molecule has 2 bridgehead atoms. The molecule has 0 saturated carbocycles. The van der Waals surface area contributed by atoms with Crippen LogP contribution in [-0.4, -0.2) is 28.5 Å². The van der Waals surface area contributed by atoms with Crippen molar-refractivity contribution in [2.45, 2.75) is 39.2 Å². The second-order valence-corrected chi connectivity index (χ2v) is 10.9. The van der Waals surface area contributed by atoms with Crippen LogP contribution in [0.5, 0.6) is 0 Å². The van der Waals surface area contributed by atoms with E-state index in [1.165, 1.54) is 0 Å². The fourth-order valence-electron chi connectivity index (χ4n) is 6.60. The van der Waals surface area contributed by atoms with Gasteiger partial charge in [-0.25, -0.2) is 4.79 Å². The molecule has 7 heteroatoms. The van der Waals surface area contributed by atoms with Crippen LogP contribution in [0.15, 0.2) is 79.3 Å². The van der Waals surface area contributed by atoms with Gasteiger partial charge in [-0.1, -0.05) is 36.4 Å². The zero-order valence-electron chi connectivity index (χ0n) is 21.9. The minimum atomic E-state index is -0.486. The topological polar surface area (TPSA) is 85.7 Å². The quantitative estimate of drug-likeness (QED) is 0.306. The van der Waals surface area contributed by atoms with Crippen LogP contribution in [0.4, 0.5) is 0 Å². The van der Waals surface area contributed by atoms with Crippen LogP contribution in [0.1, 0.15) is 34.7 Å². The molecule has 2 aliphatic rings. The van der Waals surface area contributed by atoms with Crippen molar-refractivity contribution < 1.29 is 13.6 Å². The van der Waals surface area contributed by atoms with Gasteiger partial charge in [0.05, 0.1) is 18.2 Å². The van der Waals surface area contributed by atoms with E-state index < -0.39 is 5.63 Å². The number of nitrogens with zero attached hydrogens (tertiary/aromatic N) is 2. The Balaban J connectivity index is 1.25. The maximum Gasteiger partial charge on any atom is 0.340 e. The number of pyridine rings is 1. The molecule has 1 fully saturated rings. The maximum absolute atomic E-state index is 13.6. The van der Waals surface area contributed by atoms with Gasteiger partial charge in [-0.2, -0.15) is 0 Å². The summed E-state index contributed by atoms with van der Waals surface area (Å²) in [5.74, 6) is 0.262. The highest BCUT2D eigenvalue weighted by molar-refractivity contribution is 6.05. The van der Waals surface area contributed by atoms with E-state index in [0.717, 1.165) is 45.1 Å². The van der Waals surface area contributed by atoms with E-state index in [1.807, 2.05) is 65.8 Å². The normalized spacial score (nSPS) is 18.5. The first-order valence-corrected chi connectivity index (χ1v) is 13.4. The molecule has 0 N–H and O–H groups in total. The second kappa shape index (κ2) is 8.83. The van der Waals surface area contributed by atoms with Crippen LogP contribution < -0.4 is 11.2 Å². The number of fused-ring (bicyclic) bond motifs is 6. The van der Waals surface area contributed by atoms with Crippen molar-refractivity contribution in [2.24, 2.45) is 5.92 Å². The predicted octanol–water partition coefficient (Wildman–Crippen LogP) is 5.17. The van der Waals surface area contributed by atoms with Crippen molar-refractivity contribution in [3.8, 4) is 11.1 Å². The Hall–Kier alpha value is -4.39. The molecule has 0 unspecified atom stereocenters. The molecule has 7 rings (SSSR count). The van der Waals surface area contributed by atoms with Gasteiger partial charge >= 0.3 is 5.63 Å². The van der Waals surface area contributed by atoms with E-state index in [1.54, 1.807) is 18.4 Å². The number of amides is 1. The molecule has 0 spiro atoms. The molecule has 39 heavy (non-hydrogen) atoms. The van der Waals surface area contributed by atoms with Crippen LogP contribution in [0.3, 0.4) is 0 Å². The van der Waals surface area contributed by atoms with Crippen molar-refractivity contribution in [1.82, 2.24) is 9.47 Å².